The molecule has 1 N–H and O–H groups in total. The molecule has 2 aromatic carbocycles. The van der Waals surface area contributed by atoms with Crippen LogP contribution in [0.2, 0.25) is 0 Å². The topological polar surface area (TPSA) is 37.3 Å². The van der Waals surface area contributed by atoms with Crippen LogP contribution < -0.4 is 5.32 Å². The van der Waals surface area contributed by atoms with E-state index in [1.54, 1.807) is 18.2 Å². The number of hydrogen-bond donors (Lipinski definition) is 1. The zero-order chi connectivity index (χ0) is 23.9. The molecule has 3 heterocycles. The van der Waals surface area contributed by atoms with Crippen molar-refractivity contribution in [2.24, 2.45) is 0 Å². The molecule has 0 unspecified atom stereocenters. The van der Waals surface area contributed by atoms with E-state index in [0.29, 0.717) is 6.54 Å². The Morgan fingerprint density at radius 2 is 1.80 bits per heavy atom. The number of nitrogens with one attached hydrogen (secondary N) is 1. The van der Waals surface area contributed by atoms with Crippen LogP contribution in [0, 0.1) is 11.6 Å². The number of hydrogen-bond acceptors (Lipinski definition) is 2. The van der Waals surface area contributed by atoms with E-state index in [9.17, 15) is 13.6 Å². The average Bonchev–Trinajstić information content (AvgIpc) is 3.45. The fourth-order valence-electron chi connectivity index (χ4n) is 5.30. The molecule has 0 fully saturated rings. The van der Waals surface area contributed by atoms with Crippen molar-refractivity contribution < 1.29 is 13.6 Å². The third kappa shape index (κ3) is 4.04. The van der Waals surface area contributed by atoms with Gasteiger partial charge in [0.2, 0.25) is 0 Å². The highest BCUT2D eigenvalue weighted by Crippen LogP contribution is 2.44. The molecule has 4 nitrogen and oxygen atoms in total. The number of halogens is 2. The first-order valence-corrected chi connectivity index (χ1v) is 12.8. The Morgan fingerprint density at radius 1 is 0.971 bits per heavy atom. The van der Waals surface area contributed by atoms with Crippen molar-refractivity contribution in [3.63, 3.8) is 0 Å². The van der Waals surface area contributed by atoms with Crippen molar-refractivity contribution in [2.45, 2.75) is 44.8 Å². The zero-order valence-corrected chi connectivity index (χ0v) is 20.0. The molecule has 7 heteroatoms. The number of thiophene rings is 1. The van der Waals surface area contributed by atoms with E-state index in [1.807, 2.05) is 40.6 Å². The van der Waals surface area contributed by atoms with Gasteiger partial charge in [0.05, 0.1) is 18.3 Å². The second kappa shape index (κ2) is 8.96. The van der Waals surface area contributed by atoms with Gasteiger partial charge < -0.3 is 14.8 Å². The summed E-state index contributed by atoms with van der Waals surface area (Å²) >= 11 is 1.82. The second-order valence-corrected chi connectivity index (χ2v) is 10.3. The van der Waals surface area contributed by atoms with Crippen molar-refractivity contribution >= 4 is 17.4 Å². The summed E-state index contributed by atoms with van der Waals surface area (Å²) in [5, 5.41) is 4.18. The molecule has 2 aromatic heterocycles. The first-order valence-electron chi connectivity index (χ1n) is 11.9. The normalized spacial score (nSPS) is 16.7. The molecule has 4 aromatic rings. The summed E-state index contributed by atoms with van der Waals surface area (Å²) in [6.45, 7) is 0.723. The lowest BCUT2D eigenvalue weighted by molar-refractivity contribution is 0.180. The molecular weight excluding hydrogens is 464 g/mol. The molecule has 178 valence electrons. The molecule has 1 aliphatic heterocycles. The molecular formula is C28H25F2N3OS. The molecule has 0 saturated carbocycles. The largest absolute Gasteiger partial charge is 0.334 e. The Morgan fingerprint density at radius 3 is 2.63 bits per heavy atom. The first-order chi connectivity index (χ1) is 17.1. The van der Waals surface area contributed by atoms with Gasteiger partial charge in [0.15, 0.2) is 0 Å². The number of aryl methyl sites for hydroxylation is 1. The van der Waals surface area contributed by atoms with Gasteiger partial charge in [-0.1, -0.05) is 24.3 Å². The standard InChI is InChI=1S/C28H25F2N3OS/c29-20-12-10-18(11-13-20)16-31-28(34)33-17-23-22-7-1-2-9-25(22)35-27(23)32-14-4-8-24(32)26(33)19-5-3-6-21(30)15-19/h3-6,8,10-15,26H,1-2,7,9,16-17H2,(H,31,34)/t26-/m0/s1. The molecule has 35 heavy (non-hydrogen) atoms. The van der Waals surface area contributed by atoms with Gasteiger partial charge in [-0.05, 0) is 78.8 Å². The van der Waals surface area contributed by atoms with Gasteiger partial charge in [-0.15, -0.1) is 11.3 Å². The van der Waals surface area contributed by atoms with Crippen LogP contribution in [0.3, 0.4) is 0 Å². The Balaban J connectivity index is 1.43. The minimum Gasteiger partial charge on any atom is -0.334 e. The maximum Gasteiger partial charge on any atom is 0.318 e. The Bertz CT molecular complexity index is 1390. The van der Waals surface area contributed by atoms with Crippen LogP contribution in [0.4, 0.5) is 13.6 Å². The van der Waals surface area contributed by atoms with Gasteiger partial charge in [-0.3, -0.25) is 0 Å². The maximum atomic E-state index is 14.3. The third-order valence-corrected chi connectivity index (χ3v) is 8.29. The summed E-state index contributed by atoms with van der Waals surface area (Å²) in [6, 6.07) is 15.9. The maximum absolute atomic E-state index is 14.3. The number of carbonyl (C=O) groups excluding carboxylic acids is 1. The van der Waals surface area contributed by atoms with Crippen LogP contribution in [0.1, 0.15) is 51.7 Å². The molecule has 1 atom stereocenters. The highest BCUT2D eigenvalue weighted by Gasteiger charge is 2.36. The van der Waals surface area contributed by atoms with Gasteiger partial charge >= 0.3 is 6.03 Å². The van der Waals surface area contributed by atoms with Crippen LogP contribution in [0.25, 0.3) is 5.00 Å². The lowest BCUT2D eigenvalue weighted by Gasteiger charge is -2.31. The number of rotatable bonds is 3. The van der Waals surface area contributed by atoms with Gasteiger partial charge in [0.1, 0.15) is 16.6 Å². The van der Waals surface area contributed by atoms with E-state index in [1.165, 1.54) is 46.7 Å². The van der Waals surface area contributed by atoms with E-state index in [0.717, 1.165) is 41.1 Å². The average molecular weight is 490 g/mol. The number of nitrogens with zero attached hydrogens (tertiary/aromatic N) is 2. The molecule has 0 saturated heterocycles. The molecule has 6 rings (SSSR count). The highest BCUT2D eigenvalue weighted by atomic mass is 32.1. The number of carbonyl (C=O) groups is 1. The van der Waals surface area contributed by atoms with Crippen molar-refractivity contribution in [3.05, 3.63) is 111 Å². The molecule has 0 spiro atoms. The van der Waals surface area contributed by atoms with Crippen molar-refractivity contribution in [2.75, 3.05) is 0 Å². The van der Waals surface area contributed by atoms with E-state index >= 15 is 0 Å². The van der Waals surface area contributed by atoms with Gasteiger partial charge in [-0.2, -0.15) is 0 Å². The Labute approximate surface area is 206 Å². The van der Waals surface area contributed by atoms with Crippen LogP contribution in [-0.2, 0) is 25.9 Å². The van der Waals surface area contributed by atoms with E-state index in [4.69, 9.17) is 0 Å². The van der Waals surface area contributed by atoms with E-state index < -0.39 is 6.04 Å². The van der Waals surface area contributed by atoms with Crippen LogP contribution in [0.15, 0.2) is 66.9 Å². The summed E-state index contributed by atoms with van der Waals surface area (Å²) < 4.78 is 29.8. The quantitative estimate of drug-likeness (QED) is 0.350. The molecule has 0 radical (unpaired) electrons. The zero-order valence-electron chi connectivity index (χ0n) is 19.1. The Kier molecular flexibility index (Phi) is 5.65. The molecule has 2 aliphatic rings. The van der Waals surface area contributed by atoms with Crippen molar-refractivity contribution in [1.29, 1.82) is 0 Å². The summed E-state index contributed by atoms with van der Waals surface area (Å²) in [6.07, 6.45) is 6.49. The predicted octanol–water partition coefficient (Wildman–Crippen LogP) is 6.51. The van der Waals surface area contributed by atoms with Crippen LogP contribution in [0.5, 0.6) is 0 Å². The van der Waals surface area contributed by atoms with E-state index in [-0.39, 0.29) is 24.2 Å². The van der Waals surface area contributed by atoms with Crippen molar-refractivity contribution in [1.82, 2.24) is 14.8 Å². The number of benzene rings is 2. The lowest BCUT2D eigenvalue weighted by atomic mass is 9.95. The molecule has 1 aliphatic carbocycles. The minimum atomic E-state index is -0.451. The van der Waals surface area contributed by atoms with Crippen LogP contribution in [-0.4, -0.2) is 15.5 Å². The summed E-state index contributed by atoms with van der Waals surface area (Å²) in [4.78, 5) is 17.0. The number of amides is 2. The third-order valence-electron chi connectivity index (χ3n) is 6.96. The molecule has 2 amide bonds. The van der Waals surface area contributed by atoms with Crippen LogP contribution >= 0.6 is 11.3 Å². The van der Waals surface area contributed by atoms with Gasteiger partial charge in [-0.25, -0.2) is 13.6 Å². The first kappa shape index (κ1) is 22.0. The lowest BCUT2D eigenvalue weighted by Crippen LogP contribution is -2.41. The number of urea groups is 1. The fourth-order valence-corrected chi connectivity index (χ4v) is 6.70. The molecule has 0 bridgehead atoms. The summed E-state index contributed by atoms with van der Waals surface area (Å²) in [5.74, 6) is -0.641. The fraction of sp³-hybridized carbons (Fsp3) is 0.250. The van der Waals surface area contributed by atoms with Gasteiger partial charge in [0, 0.05) is 23.2 Å². The second-order valence-electron chi connectivity index (χ2n) is 9.17. The summed E-state index contributed by atoms with van der Waals surface area (Å²) in [5.41, 5.74) is 5.04. The SMILES string of the molecule is O=C(NCc1ccc(F)cc1)N1Cc2c(sc3c2CCCC3)-n2cccc2[C@@H]1c1cccc(F)c1. The Hall–Kier alpha value is -3.45. The number of fused-ring (bicyclic) bond motifs is 5. The van der Waals surface area contributed by atoms with Crippen molar-refractivity contribution in [3.8, 4) is 5.00 Å². The number of aromatic nitrogens is 1. The van der Waals surface area contributed by atoms with E-state index in [2.05, 4.69) is 9.88 Å². The highest BCUT2D eigenvalue weighted by molar-refractivity contribution is 7.15. The smallest absolute Gasteiger partial charge is 0.318 e. The van der Waals surface area contributed by atoms with Gasteiger partial charge in [0.25, 0.3) is 0 Å². The monoisotopic (exact) mass is 489 g/mol. The minimum absolute atomic E-state index is 0.236. The predicted molar refractivity (Wildman–Crippen MR) is 133 cm³/mol. The summed E-state index contributed by atoms with van der Waals surface area (Å²) in [7, 11) is 0.